The summed E-state index contributed by atoms with van der Waals surface area (Å²) in [5, 5.41) is 13.4. The van der Waals surface area contributed by atoms with Crippen LogP contribution in [0.5, 0.6) is 5.75 Å². The minimum absolute atomic E-state index is 0.167. The van der Waals surface area contributed by atoms with Gasteiger partial charge in [-0.05, 0) is 75.7 Å². The van der Waals surface area contributed by atoms with E-state index in [1.807, 2.05) is 63.5 Å². The minimum Gasteiger partial charge on any atom is -0.492 e. The maximum Gasteiger partial charge on any atom is 0.329 e. The van der Waals surface area contributed by atoms with Crippen molar-refractivity contribution in [2.45, 2.75) is 57.4 Å². The summed E-state index contributed by atoms with van der Waals surface area (Å²) in [6.45, 7) is 3.44. The molecule has 8 heteroatoms. The second kappa shape index (κ2) is 13.3. The fourth-order valence-corrected chi connectivity index (χ4v) is 5.40. The molecule has 4 rings (SSSR count). The van der Waals surface area contributed by atoms with Crippen LogP contribution in [0, 0.1) is 6.92 Å². The van der Waals surface area contributed by atoms with Gasteiger partial charge in [0, 0.05) is 17.7 Å². The number of carbonyl (C=O) groups is 2. The number of aliphatic carboxylic acids is 1. The van der Waals surface area contributed by atoms with Gasteiger partial charge in [-0.15, -0.1) is 0 Å². The van der Waals surface area contributed by atoms with Crippen molar-refractivity contribution in [2.75, 3.05) is 27.2 Å². The highest BCUT2D eigenvalue weighted by molar-refractivity contribution is 6.32. The fraction of sp³-hybridized carbons (Fsp3) is 0.406. The van der Waals surface area contributed by atoms with Crippen LogP contribution in [0.4, 0.5) is 0 Å². The molecule has 0 aliphatic heterocycles. The van der Waals surface area contributed by atoms with Crippen LogP contribution in [-0.4, -0.2) is 59.7 Å². The lowest BCUT2D eigenvalue weighted by Crippen LogP contribution is -2.54. The molecule has 0 radical (unpaired) electrons. The molecule has 1 amide bonds. The Labute approximate surface area is 241 Å². The lowest BCUT2D eigenvalue weighted by atomic mass is 9.90. The maximum atomic E-state index is 13.5. The minimum atomic E-state index is -1.28. The average molecular weight is 564 g/mol. The standard InChI is InChI=1S/C32H38ClN3O4/c1-22-11-6-7-12-24(22)25-14-16-27(30(37)35-32(31(38)39)17-8-4-5-9-18-32)34-29(25)23-13-15-26(33)28(21-23)40-20-10-19-36(2)3/h6-7,11-16,21H,4-5,8-10,17-20H2,1-3H3,(H,35,37)(H,38,39). The molecule has 1 fully saturated rings. The summed E-state index contributed by atoms with van der Waals surface area (Å²) in [6.07, 6.45) is 5.13. The predicted molar refractivity (Wildman–Crippen MR) is 159 cm³/mol. The SMILES string of the molecule is Cc1ccccc1-c1ccc(C(=O)NC2(C(=O)O)CCCCCC2)nc1-c1ccc(Cl)c(OCCCN(C)C)c1. The Morgan fingerprint density at radius 3 is 2.42 bits per heavy atom. The van der Waals surface area contributed by atoms with Crippen molar-refractivity contribution in [1.82, 2.24) is 15.2 Å². The highest BCUT2D eigenvalue weighted by Gasteiger charge is 2.40. The van der Waals surface area contributed by atoms with Gasteiger partial charge in [0.05, 0.1) is 17.3 Å². The molecule has 7 nitrogen and oxygen atoms in total. The number of nitrogens with one attached hydrogen (secondary N) is 1. The molecular formula is C32H38ClN3O4. The molecule has 2 N–H and O–H groups in total. The van der Waals surface area contributed by atoms with E-state index in [0.29, 0.717) is 35.9 Å². The second-order valence-corrected chi connectivity index (χ2v) is 11.2. The molecule has 0 unspecified atom stereocenters. The number of nitrogens with zero attached hydrogens (tertiary/aromatic N) is 2. The molecular weight excluding hydrogens is 526 g/mol. The molecule has 0 atom stereocenters. The van der Waals surface area contributed by atoms with Crippen LogP contribution >= 0.6 is 11.6 Å². The summed E-state index contributed by atoms with van der Waals surface area (Å²) in [5.41, 5.74) is 3.16. The number of halogens is 1. The largest absolute Gasteiger partial charge is 0.492 e. The van der Waals surface area contributed by atoms with Crippen LogP contribution in [0.25, 0.3) is 22.4 Å². The third kappa shape index (κ3) is 7.01. The molecule has 40 heavy (non-hydrogen) atoms. The van der Waals surface area contributed by atoms with E-state index in [9.17, 15) is 14.7 Å². The Balaban J connectivity index is 1.73. The summed E-state index contributed by atoms with van der Waals surface area (Å²) >= 11 is 6.48. The van der Waals surface area contributed by atoms with E-state index in [1.54, 1.807) is 12.1 Å². The van der Waals surface area contributed by atoms with Gasteiger partial charge in [-0.1, -0.05) is 67.6 Å². The smallest absolute Gasteiger partial charge is 0.329 e. The van der Waals surface area contributed by atoms with Crippen LogP contribution in [0.1, 0.15) is 61.0 Å². The van der Waals surface area contributed by atoms with Crippen molar-refractivity contribution in [3.8, 4) is 28.1 Å². The van der Waals surface area contributed by atoms with Gasteiger partial charge in [-0.25, -0.2) is 9.78 Å². The fourth-order valence-electron chi connectivity index (χ4n) is 5.23. The van der Waals surface area contributed by atoms with Crippen LogP contribution < -0.4 is 10.1 Å². The summed E-state index contributed by atoms with van der Waals surface area (Å²) in [6, 6.07) is 17.1. The molecule has 2 aromatic carbocycles. The maximum absolute atomic E-state index is 13.5. The normalized spacial score (nSPS) is 14.9. The van der Waals surface area contributed by atoms with Crippen molar-refractivity contribution >= 4 is 23.5 Å². The third-order valence-corrected chi connectivity index (χ3v) is 7.81. The summed E-state index contributed by atoms with van der Waals surface area (Å²) < 4.78 is 6.02. The average Bonchev–Trinajstić information content (AvgIpc) is 3.18. The van der Waals surface area contributed by atoms with E-state index in [2.05, 4.69) is 10.2 Å². The molecule has 1 aliphatic rings. The van der Waals surface area contributed by atoms with Crippen molar-refractivity contribution in [3.63, 3.8) is 0 Å². The van der Waals surface area contributed by atoms with Gasteiger partial charge < -0.3 is 20.1 Å². The first-order valence-corrected chi connectivity index (χ1v) is 14.3. The van der Waals surface area contributed by atoms with Crippen LogP contribution in [0.2, 0.25) is 5.02 Å². The molecule has 1 aromatic heterocycles. The van der Waals surface area contributed by atoms with E-state index in [4.69, 9.17) is 21.3 Å². The van der Waals surface area contributed by atoms with E-state index < -0.39 is 17.4 Å². The van der Waals surface area contributed by atoms with Gasteiger partial charge in [-0.2, -0.15) is 0 Å². The summed E-state index contributed by atoms with van der Waals surface area (Å²) in [7, 11) is 4.03. The highest BCUT2D eigenvalue weighted by Crippen LogP contribution is 2.37. The Hall–Kier alpha value is -3.42. The molecule has 1 aliphatic carbocycles. The molecule has 212 valence electrons. The number of aromatic nitrogens is 1. The van der Waals surface area contributed by atoms with Crippen LogP contribution in [0.3, 0.4) is 0 Å². The molecule has 0 saturated heterocycles. The summed E-state index contributed by atoms with van der Waals surface area (Å²) in [4.78, 5) is 32.7. The first-order chi connectivity index (χ1) is 19.2. The number of carbonyl (C=O) groups excluding carboxylic acids is 1. The predicted octanol–water partition coefficient (Wildman–Crippen LogP) is 6.62. The topological polar surface area (TPSA) is 91.8 Å². The van der Waals surface area contributed by atoms with E-state index >= 15 is 0 Å². The van der Waals surface area contributed by atoms with E-state index in [1.165, 1.54) is 0 Å². The number of hydrogen-bond donors (Lipinski definition) is 2. The molecule has 0 bridgehead atoms. The number of benzene rings is 2. The van der Waals surface area contributed by atoms with Crippen molar-refractivity contribution < 1.29 is 19.4 Å². The number of carboxylic acid groups (broad SMARTS) is 1. The monoisotopic (exact) mass is 563 g/mol. The van der Waals surface area contributed by atoms with Crippen LogP contribution in [-0.2, 0) is 4.79 Å². The van der Waals surface area contributed by atoms with Crippen molar-refractivity contribution in [3.05, 3.63) is 70.9 Å². The van der Waals surface area contributed by atoms with E-state index in [-0.39, 0.29) is 5.69 Å². The first-order valence-electron chi connectivity index (χ1n) is 13.9. The first kappa shape index (κ1) is 29.6. The number of aryl methyl sites for hydroxylation is 1. The van der Waals surface area contributed by atoms with Gasteiger partial charge in [0.15, 0.2) is 0 Å². The number of ether oxygens (including phenoxy) is 1. The summed E-state index contributed by atoms with van der Waals surface area (Å²) in [5.74, 6) is -0.933. The number of pyridine rings is 1. The van der Waals surface area contributed by atoms with E-state index in [0.717, 1.165) is 60.9 Å². The zero-order valence-electron chi connectivity index (χ0n) is 23.5. The number of carboxylic acids is 1. The van der Waals surface area contributed by atoms with Crippen molar-refractivity contribution in [1.29, 1.82) is 0 Å². The van der Waals surface area contributed by atoms with Gasteiger partial charge in [0.1, 0.15) is 17.0 Å². The number of rotatable bonds is 10. The number of amides is 1. The zero-order valence-corrected chi connectivity index (χ0v) is 24.3. The Kier molecular flexibility index (Phi) is 9.82. The van der Waals surface area contributed by atoms with Gasteiger partial charge in [0.25, 0.3) is 5.91 Å². The molecule has 1 saturated carbocycles. The van der Waals surface area contributed by atoms with Gasteiger partial charge in [-0.3, -0.25) is 4.79 Å². The highest BCUT2D eigenvalue weighted by atomic mass is 35.5. The Morgan fingerprint density at radius 2 is 1.75 bits per heavy atom. The van der Waals surface area contributed by atoms with Gasteiger partial charge in [0.2, 0.25) is 0 Å². The Bertz CT molecular complexity index is 1350. The molecule has 0 spiro atoms. The van der Waals surface area contributed by atoms with Crippen molar-refractivity contribution in [2.24, 2.45) is 0 Å². The van der Waals surface area contributed by atoms with Crippen LogP contribution in [0.15, 0.2) is 54.6 Å². The second-order valence-electron chi connectivity index (χ2n) is 10.8. The van der Waals surface area contributed by atoms with Gasteiger partial charge >= 0.3 is 5.97 Å². The quantitative estimate of drug-likeness (QED) is 0.213. The molecule has 3 aromatic rings. The zero-order chi connectivity index (χ0) is 28.7. The molecule has 1 heterocycles. The lowest BCUT2D eigenvalue weighted by molar-refractivity contribution is -0.145. The third-order valence-electron chi connectivity index (χ3n) is 7.49. The Morgan fingerprint density at radius 1 is 1.02 bits per heavy atom. The lowest BCUT2D eigenvalue weighted by Gasteiger charge is -2.29. The number of hydrogen-bond acceptors (Lipinski definition) is 5.